The summed E-state index contributed by atoms with van der Waals surface area (Å²) in [7, 11) is 5.18. The van der Waals surface area contributed by atoms with Crippen LogP contribution in [0.3, 0.4) is 0 Å². The lowest BCUT2D eigenvalue weighted by Gasteiger charge is -2.24. The first-order chi connectivity index (χ1) is 11.4. The molecule has 1 aliphatic rings. The van der Waals surface area contributed by atoms with E-state index in [-0.39, 0.29) is 17.9 Å². The first-order valence-corrected chi connectivity index (χ1v) is 8.40. The number of carbonyl (C=O) groups is 2. The summed E-state index contributed by atoms with van der Waals surface area (Å²) < 4.78 is 0. The average molecular weight is 333 g/mol. The molecule has 0 aliphatic carbocycles. The van der Waals surface area contributed by atoms with Crippen LogP contribution in [0.1, 0.15) is 42.5 Å². The van der Waals surface area contributed by atoms with E-state index in [4.69, 9.17) is 0 Å². The van der Waals surface area contributed by atoms with E-state index in [9.17, 15) is 9.59 Å². The first kappa shape index (κ1) is 18.3. The molecule has 1 aromatic heterocycles. The molecule has 2 amide bonds. The van der Waals surface area contributed by atoms with E-state index >= 15 is 0 Å². The Morgan fingerprint density at radius 1 is 1.38 bits per heavy atom. The third-order valence-corrected chi connectivity index (χ3v) is 4.31. The fourth-order valence-corrected chi connectivity index (χ4v) is 2.93. The third kappa shape index (κ3) is 4.74. The van der Waals surface area contributed by atoms with Crippen molar-refractivity contribution >= 4 is 11.8 Å². The predicted molar refractivity (Wildman–Crippen MR) is 91.4 cm³/mol. The van der Waals surface area contributed by atoms with Gasteiger partial charge in [0.05, 0.1) is 12.6 Å². The number of rotatable bonds is 6. The largest absolute Gasteiger partial charge is 0.359 e. The molecule has 0 unspecified atom stereocenters. The zero-order chi connectivity index (χ0) is 17.7. The number of aromatic nitrogens is 2. The number of likely N-dealkylation sites (N-methyl/N-ethyl adjacent to an activating group) is 1. The number of likely N-dealkylation sites (tertiary alicyclic amines) is 1. The fourth-order valence-electron chi connectivity index (χ4n) is 2.93. The van der Waals surface area contributed by atoms with Gasteiger partial charge in [0.1, 0.15) is 5.82 Å². The van der Waals surface area contributed by atoms with Gasteiger partial charge in [0.15, 0.2) is 0 Å². The van der Waals surface area contributed by atoms with Crippen molar-refractivity contribution in [2.24, 2.45) is 0 Å². The van der Waals surface area contributed by atoms with Crippen molar-refractivity contribution in [1.82, 2.24) is 25.1 Å². The summed E-state index contributed by atoms with van der Waals surface area (Å²) in [6.45, 7) is 3.22. The number of hydrogen-bond donors (Lipinski definition) is 1. The molecule has 7 heteroatoms. The summed E-state index contributed by atoms with van der Waals surface area (Å²) in [5.74, 6) is 0.868. The van der Waals surface area contributed by atoms with Crippen LogP contribution in [0.5, 0.6) is 0 Å². The first-order valence-electron chi connectivity index (χ1n) is 8.40. The Bertz CT molecular complexity index is 603. The van der Waals surface area contributed by atoms with Gasteiger partial charge in [0, 0.05) is 39.0 Å². The van der Waals surface area contributed by atoms with Crippen LogP contribution in [-0.2, 0) is 16.0 Å². The van der Waals surface area contributed by atoms with Crippen LogP contribution in [-0.4, -0.2) is 65.8 Å². The van der Waals surface area contributed by atoms with Gasteiger partial charge in [-0.3, -0.25) is 14.5 Å². The molecular weight excluding hydrogens is 306 g/mol. The Labute approximate surface area is 143 Å². The molecule has 7 nitrogen and oxygen atoms in total. The Morgan fingerprint density at radius 3 is 2.79 bits per heavy atom. The van der Waals surface area contributed by atoms with Crippen molar-refractivity contribution in [2.75, 3.05) is 34.2 Å². The molecule has 2 heterocycles. The number of nitrogens with zero attached hydrogens (tertiary/aromatic N) is 4. The Hall–Kier alpha value is -2.02. The van der Waals surface area contributed by atoms with E-state index in [0.29, 0.717) is 19.4 Å². The lowest BCUT2D eigenvalue weighted by molar-refractivity contribution is -0.130. The highest BCUT2D eigenvalue weighted by Crippen LogP contribution is 2.29. The Morgan fingerprint density at radius 2 is 2.12 bits per heavy atom. The van der Waals surface area contributed by atoms with Crippen LogP contribution in [0.2, 0.25) is 0 Å². The minimum absolute atomic E-state index is 0.00638. The number of carbonyl (C=O) groups excluding carboxylic acids is 2. The van der Waals surface area contributed by atoms with Crippen LogP contribution in [0.15, 0.2) is 6.07 Å². The highest BCUT2D eigenvalue weighted by atomic mass is 16.2. The van der Waals surface area contributed by atoms with Crippen molar-refractivity contribution in [3.05, 3.63) is 23.3 Å². The van der Waals surface area contributed by atoms with Gasteiger partial charge in [-0.2, -0.15) is 0 Å². The topological polar surface area (TPSA) is 78.4 Å². The second kappa shape index (κ2) is 8.19. The van der Waals surface area contributed by atoms with E-state index in [0.717, 1.165) is 36.6 Å². The molecule has 132 valence electrons. The highest BCUT2D eigenvalue weighted by molar-refractivity contribution is 5.77. The fraction of sp³-hybridized carbons (Fsp3) is 0.647. The van der Waals surface area contributed by atoms with Crippen molar-refractivity contribution in [3.63, 3.8) is 0 Å². The second-order valence-corrected chi connectivity index (χ2v) is 6.45. The highest BCUT2D eigenvalue weighted by Gasteiger charge is 2.30. The van der Waals surface area contributed by atoms with Gasteiger partial charge in [-0.15, -0.1) is 0 Å². The van der Waals surface area contributed by atoms with E-state index < -0.39 is 0 Å². The molecule has 1 saturated heterocycles. The smallest absolute Gasteiger partial charge is 0.236 e. The maximum absolute atomic E-state index is 12.0. The van der Waals surface area contributed by atoms with E-state index in [1.165, 1.54) is 0 Å². The molecular formula is C17H27N5O2. The summed E-state index contributed by atoms with van der Waals surface area (Å²) in [6.07, 6.45) is 3.01. The summed E-state index contributed by atoms with van der Waals surface area (Å²) in [6, 6.07) is 2.00. The Balaban J connectivity index is 2.13. The summed E-state index contributed by atoms with van der Waals surface area (Å²) in [5.41, 5.74) is 1.78. The van der Waals surface area contributed by atoms with E-state index in [1.807, 2.05) is 13.0 Å². The molecule has 1 N–H and O–H groups in total. The van der Waals surface area contributed by atoms with Gasteiger partial charge in [0.25, 0.3) is 0 Å². The maximum Gasteiger partial charge on any atom is 0.236 e. The molecule has 24 heavy (non-hydrogen) atoms. The molecule has 0 aromatic carbocycles. The minimum atomic E-state index is 0.00638. The standard InChI is InChI=1S/C17H27N5O2/c1-12-10-13(7-8-15(23)18-2)20-17(19-12)14-6-5-9-22(14)11-16(24)21(3)4/h10,14H,5-9,11H2,1-4H3,(H,18,23)/t14-/m1/s1. The van der Waals surface area contributed by atoms with Crippen LogP contribution in [0.25, 0.3) is 0 Å². The molecule has 1 fully saturated rings. The van der Waals surface area contributed by atoms with Gasteiger partial charge in [-0.25, -0.2) is 9.97 Å². The second-order valence-electron chi connectivity index (χ2n) is 6.45. The maximum atomic E-state index is 12.0. The van der Waals surface area contributed by atoms with E-state index in [1.54, 1.807) is 26.0 Å². The van der Waals surface area contributed by atoms with Crippen molar-refractivity contribution in [3.8, 4) is 0 Å². The summed E-state index contributed by atoms with van der Waals surface area (Å²) in [4.78, 5) is 36.5. The van der Waals surface area contributed by atoms with Gasteiger partial charge in [-0.05, 0) is 38.8 Å². The number of aryl methyl sites for hydroxylation is 2. The van der Waals surface area contributed by atoms with Gasteiger partial charge in [0.2, 0.25) is 11.8 Å². The van der Waals surface area contributed by atoms with E-state index in [2.05, 4.69) is 20.2 Å². The molecule has 1 aromatic rings. The number of nitrogens with one attached hydrogen (secondary N) is 1. The van der Waals surface area contributed by atoms with Crippen LogP contribution >= 0.6 is 0 Å². The lowest BCUT2D eigenvalue weighted by atomic mass is 10.1. The number of hydrogen-bond acceptors (Lipinski definition) is 5. The van der Waals surface area contributed by atoms with Crippen molar-refractivity contribution < 1.29 is 9.59 Å². The molecule has 1 atom stereocenters. The molecule has 0 bridgehead atoms. The van der Waals surface area contributed by atoms with Gasteiger partial charge < -0.3 is 10.2 Å². The predicted octanol–water partition coefficient (Wildman–Crippen LogP) is 0.689. The van der Waals surface area contributed by atoms with Gasteiger partial charge >= 0.3 is 0 Å². The molecule has 2 rings (SSSR count). The van der Waals surface area contributed by atoms with Crippen LogP contribution in [0.4, 0.5) is 0 Å². The third-order valence-electron chi connectivity index (χ3n) is 4.31. The minimum Gasteiger partial charge on any atom is -0.359 e. The molecule has 0 saturated carbocycles. The molecule has 1 aliphatic heterocycles. The normalized spacial score (nSPS) is 17.8. The zero-order valence-electron chi connectivity index (χ0n) is 15.0. The van der Waals surface area contributed by atoms with Crippen molar-refractivity contribution in [2.45, 2.75) is 38.6 Å². The number of amides is 2. The monoisotopic (exact) mass is 333 g/mol. The lowest BCUT2D eigenvalue weighted by Crippen LogP contribution is -2.36. The average Bonchev–Trinajstić information content (AvgIpc) is 3.00. The van der Waals surface area contributed by atoms with Crippen LogP contribution in [0, 0.1) is 6.92 Å². The summed E-state index contributed by atoms with van der Waals surface area (Å²) >= 11 is 0. The molecule has 0 radical (unpaired) electrons. The Kier molecular flexibility index (Phi) is 6.25. The van der Waals surface area contributed by atoms with Crippen LogP contribution < -0.4 is 5.32 Å². The SMILES string of the molecule is CNC(=O)CCc1cc(C)nc([C@H]2CCCN2CC(=O)N(C)C)n1. The quantitative estimate of drug-likeness (QED) is 0.829. The summed E-state index contributed by atoms with van der Waals surface area (Å²) in [5, 5.41) is 2.63. The van der Waals surface area contributed by atoms with Crippen molar-refractivity contribution in [1.29, 1.82) is 0 Å². The van der Waals surface area contributed by atoms with Gasteiger partial charge in [-0.1, -0.05) is 0 Å². The zero-order valence-corrected chi connectivity index (χ0v) is 15.0. The molecule has 0 spiro atoms.